The van der Waals surface area contributed by atoms with Crippen LogP contribution in [0.15, 0.2) is 12.1 Å². The molecule has 5 heteroatoms. The van der Waals surface area contributed by atoms with Gasteiger partial charge in [0.1, 0.15) is 6.17 Å². The summed E-state index contributed by atoms with van der Waals surface area (Å²) in [5.41, 5.74) is -0.466. The summed E-state index contributed by atoms with van der Waals surface area (Å²) in [6.07, 6.45) is -1.45. The van der Waals surface area contributed by atoms with Crippen LogP contribution in [0.25, 0.3) is 0 Å². The Labute approximate surface area is 91.5 Å². The van der Waals surface area contributed by atoms with Gasteiger partial charge in [-0.25, -0.2) is 13.2 Å². The molecule has 0 saturated heterocycles. The van der Waals surface area contributed by atoms with Crippen LogP contribution >= 0.6 is 0 Å². The third-order valence-corrected chi connectivity index (χ3v) is 2.15. The molecule has 0 heterocycles. The molecule has 0 aliphatic carbocycles. The first-order valence-electron chi connectivity index (χ1n) is 4.78. The monoisotopic (exact) mass is 231 g/mol. The normalized spacial score (nSPS) is 12.6. The minimum atomic E-state index is -1.45. The van der Waals surface area contributed by atoms with Gasteiger partial charge in [-0.15, -0.1) is 0 Å². The van der Waals surface area contributed by atoms with E-state index in [4.69, 9.17) is 0 Å². The number of carbonyl (C=O) groups excluding carboxylic acids is 1. The minimum Gasteiger partial charge on any atom is -0.313 e. The predicted octanol–water partition coefficient (Wildman–Crippen LogP) is 2.40. The number of rotatable bonds is 4. The summed E-state index contributed by atoms with van der Waals surface area (Å²) in [5, 5.41) is 2.53. The highest BCUT2D eigenvalue weighted by atomic mass is 19.2. The lowest BCUT2D eigenvalue weighted by atomic mass is 10.0. The third-order valence-electron chi connectivity index (χ3n) is 2.15. The summed E-state index contributed by atoms with van der Waals surface area (Å²) >= 11 is 0. The third kappa shape index (κ3) is 2.61. The molecule has 16 heavy (non-hydrogen) atoms. The molecule has 1 N–H and O–H groups in total. The van der Waals surface area contributed by atoms with Crippen molar-refractivity contribution >= 4 is 5.78 Å². The maximum atomic E-state index is 13.3. The Morgan fingerprint density at radius 2 is 2.06 bits per heavy atom. The number of carbonyl (C=O) groups is 1. The molecule has 0 bridgehead atoms. The van der Waals surface area contributed by atoms with Crippen molar-refractivity contribution in [2.24, 2.45) is 0 Å². The van der Waals surface area contributed by atoms with E-state index < -0.39 is 29.2 Å². The average molecular weight is 231 g/mol. The van der Waals surface area contributed by atoms with Crippen molar-refractivity contribution in [2.45, 2.75) is 13.1 Å². The summed E-state index contributed by atoms with van der Waals surface area (Å²) in [4.78, 5) is 11.4. The number of Topliss-reactive ketones (excluding diaryl/α,β-unsaturated/α-hetero) is 1. The quantitative estimate of drug-likeness (QED) is 0.806. The van der Waals surface area contributed by atoms with Gasteiger partial charge in [0.05, 0.1) is 12.1 Å². The van der Waals surface area contributed by atoms with E-state index >= 15 is 0 Å². The smallest absolute Gasteiger partial charge is 0.179 e. The second kappa shape index (κ2) is 5.12. The Bertz CT molecular complexity index is 404. The average Bonchev–Trinajstić information content (AvgIpc) is 2.21. The van der Waals surface area contributed by atoms with Crippen LogP contribution in [0.5, 0.6) is 0 Å². The Kier molecular flexibility index (Phi) is 4.06. The van der Waals surface area contributed by atoms with E-state index in [2.05, 4.69) is 5.32 Å². The molecule has 0 spiro atoms. The SMILES string of the molecule is CNCC(=O)c1cc(C(C)F)cc(F)c1F. The molecule has 1 aromatic rings. The molecule has 0 fully saturated rings. The number of likely N-dealkylation sites (N-methyl/N-ethyl adjacent to an activating group) is 1. The van der Waals surface area contributed by atoms with Crippen LogP contribution in [0, 0.1) is 11.6 Å². The second-order valence-corrected chi connectivity index (χ2v) is 3.43. The Morgan fingerprint density at radius 1 is 1.44 bits per heavy atom. The lowest BCUT2D eigenvalue weighted by molar-refractivity contribution is 0.0988. The van der Waals surface area contributed by atoms with Crippen LogP contribution in [0.2, 0.25) is 0 Å². The van der Waals surface area contributed by atoms with E-state index in [9.17, 15) is 18.0 Å². The molecule has 0 saturated carbocycles. The van der Waals surface area contributed by atoms with E-state index in [-0.39, 0.29) is 12.1 Å². The first kappa shape index (κ1) is 12.7. The Hall–Kier alpha value is -1.36. The molecule has 1 aromatic carbocycles. The van der Waals surface area contributed by atoms with Gasteiger partial charge < -0.3 is 5.32 Å². The minimum absolute atomic E-state index is 0.0432. The maximum absolute atomic E-state index is 13.3. The first-order valence-corrected chi connectivity index (χ1v) is 4.78. The van der Waals surface area contributed by atoms with Crippen molar-refractivity contribution in [1.29, 1.82) is 0 Å². The standard InChI is InChI=1S/C11H12F3NO/c1-6(12)7-3-8(10(16)5-15-2)11(14)9(13)4-7/h3-4,6,15H,5H2,1-2H3. The van der Waals surface area contributed by atoms with Crippen molar-refractivity contribution in [3.05, 3.63) is 34.9 Å². The topological polar surface area (TPSA) is 29.1 Å². The van der Waals surface area contributed by atoms with Crippen LogP contribution in [-0.4, -0.2) is 19.4 Å². The van der Waals surface area contributed by atoms with Crippen LogP contribution in [0.4, 0.5) is 13.2 Å². The van der Waals surface area contributed by atoms with Gasteiger partial charge in [-0.1, -0.05) is 0 Å². The zero-order valence-electron chi connectivity index (χ0n) is 8.98. The lowest BCUT2D eigenvalue weighted by Crippen LogP contribution is -2.20. The predicted molar refractivity (Wildman–Crippen MR) is 54.1 cm³/mol. The summed E-state index contributed by atoms with van der Waals surface area (Å²) in [5.74, 6) is -3.05. The molecular formula is C11H12F3NO. The fourth-order valence-electron chi connectivity index (χ4n) is 1.30. The number of nitrogens with one attached hydrogen (secondary N) is 1. The van der Waals surface area contributed by atoms with Gasteiger partial charge in [-0.2, -0.15) is 0 Å². The van der Waals surface area contributed by atoms with Gasteiger partial charge in [-0.05, 0) is 31.7 Å². The number of hydrogen-bond donors (Lipinski definition) is 1. The molecule has 1 unspecified atom stereocenters. The molecule has 0 aliphatic rings. The molecule has 0 aromatic heterocycles. The molecule has 0 aliphatic heterocycles. The Balaban J connectivity index is 3.21. The highest BCUT2D eigenvalue weighted by Gasteiger charge is 2.18. The van der Waals surface area contributed by atoms with Crippen molar-refractivity contribution in [3.8, 4) is 0 Å². The lowest BCUT2D eigenvalue weighted by Gasteiger charge is -2.08. The molecule has 2 nitrogen and oxygen atoms in total. The van der Waals surface area contributed by atoms with Crippen molar-refractivity contribution in [3.63, 3.8) is 0 Å². The van der Waals surface area contributed by atoms with E-state index in [0.29, 0.717) is 0 Å². The summed E-state index contributed by atoms with van der Waals surface area (Å²) in [6.45, 7) is 1.07. The highest BCUT2D eigenvalue weighted by Crippen LogP contribution is 2.22. The first-order chi connectivity index (χ1) is 7.47. The summed E-state index contributed by atoms with van der Waals surface area (Å²) in [6, 6.07) is 1.80. The van der Waals surface area contributed by atoms with Crippen molar-refractivity contribution in [2.75, 3.05) is 13.6 Å². The Morgan fingerprint density at radius 3 is 2.56 bits per heavy atom. The zero-order valence-corrected chi connectivity index (χ0v) is 8.98. The number of halogens is 3. The summed E-state index contributed by atoms with van der Waals surface area (Å²) < 4.78 is 39.3. The molecule has 0 amide bonds. The van der Waals surface area contributed by atoms with E-state index in [1.54, 1.807) is 0 Å². The molecule has 1 atom stereocenters. The number of benzene rings is 1. The maximum Gasteiger partial charge on any atom is 0.179 e. The van der Waals surface area contributed by atoms with Crippen LogP contribution in [0.1, 0.15) is 29.0 Å². The van der Waals surface area contributed by atoms with Crippen LogP contribution in [-0.2, 0) is 0 Å². The van der Waals surface area contributed by atoms with E-state index in [0.717, 1.165) is 12.1 Å². The number of ketones is 1. The largest absolute Gasteiger partial charge is 0.313 e. The fourth-order valence-corrected chi connectivity index (χ4v) is 1.30. The van der Waals surface area contributed by atoms with Gasteiger partial charge in [0.25, 0.3) is 0 Å². The van der Waals surface area contributed by atoms with Crippen molar-refractivity contribution in [1.82, 2.24) is 5.32 Å². The van der Waals surface area contributed by atoms with Gasteiger partial charge in [-0.3, -0.25) is 4.79 Å². The van der Waals surface area contributed by atoms with Gasteiger partial charge in [0, 0.05) is 0 Å². The van der Waals surface area contributed by atoms with Gasteiger partial charge in [0.15, 0.2) is 17.4 Å². The second-order valence-electron chi connectivity index (χ2n) is 3.43. The molecule has 0 radical (unpaired) electrons. The number of alkyl halides is 1. The summed E-state index contributed by atoms with van der Waals surface area (Å²) in [7, 11) is 1.51. The molecular weight excluding hydrogens is 219 g/mol. The number of hydrogen-bond acceptors (Lipinski definition) is 2. The fraction of sp³-hybridized carbons (Fsp3) is 0.364. The van der Waals surface area contributed by atoms with Gasteiger partial charge >= 0.3 is 0 Å². The van der Waals surface area contributed by atoms with Crippen molar-refractivity contribution < 1.29 is 18.0 Å². The van der Waals surface area contributed by atoms with E-state index in [1.807, 2.05) is 0 Å². The van der Waals surface area contributed by atoms with Gasteiger partial charge in [0.2, 0.25) is 0 Å². The highest BCUT2D eigenvalue weighted by molar-refractivity contribution is 5.98. The van der Waals surface area contributed by atoms with Crippen LogP contribution in [0.3, 0.4) is 0 Å². The molecule has 1 rings (SSSR count). The molecule has 88 valence electrons. The zero-order chi connectivity index (χ0) is 12.3. The van der Waals surface area contributed by atoms with Crippen LogP contribution < -0.4 is 5.32 Å². The van der Waals surface area contributed by atoms with E-state index in [1.165, 1.54) is 14.0 Å².